The van der Waals surface area contributed by atoms with Crippen molar-refractivity contribution >= 4 is 29.0 Å². The van der Waals surface area contributed by atoms with Gasteiger partial charge in [-0.25, -0.2) is 9.97 Å². The highest BCUT2D eigenvalue weighted by Crippen LogP contribution is 2.24. The summed E-state index contributed by atoms with van der Waals surface area (Å²) in [5.74, 6) is 0.798. The lowest BCUT2D eigenvalue weighted by atomic mass is 10.1. The molecule has 5 nitrogen and oxygen atoms in total. The third kappa shape index (κ3) is 4.09. The van der Waals surface area contributed by atoms with Crippen molar-refractivity contribution in [3.8, 4) is 11.3 Å². The normalized spacial score (nSPS) is 13.6. The van der Waals surface area contributed by atoms with Crippen molar-refractivity contribution in [2.75, 3.05) is 23.3 Å². The van der Waals surface area contributed by atoms with E-state index in [-0.39, 0.29) is 5.91 Å². The van der Waals surface area contributed by atoms with Gasteiger partial charge >= 0.3 is 0 Å². The summed E-state index contributed by atoms with van der Waals surface area (Å²) in [6.45, 7) is 2.08. The predicted octanol–water partition coefficient (Wildman–Crippen LogP) is 4.65. The summed E-state index contributed by atoms with van der Waals surface area (Å²) in [7, 11) is 0. The SMILES string of the molecule is O=C(Nc1ccc(Cl)cc1)c1ccc(-c2cc(N3CCCC3)ncn2)cc1. The van der Waals surface area contributed by atoms with Crippen LogP contribution in [0, 0.1) is 0 Å². The van der Waals surface area contributed by atoms with Gasteiger partial charge in [-0.05, 0) is 49.2 Å². The Balaban J connectivity index is 1.49. The molecule has 0 aliphatic carbocycles. The van der Waals surface area contributed by atoms with Gasteiger partial charge in [0.15, 0.2) is 0 Å². The number of anilines is 2. The fourth-order valence-electron chi connectivity index (χ4n) is 3.15. The minimum Gasteiger partial charge on any atom is -0.357 e. The maximum absolute atomic E-state index is 12.4. The number of amides is 1. The van der Waals surface area contributed by atoms with E-state index < -0.39 is 0 Å². The smallest absolute Gasteiger partial charge is 0.255 e. The number of hydrogen-bond acceptors (Lipinski definition) is 4. The van der Waals surface area contributed by atoms with Crippen molar-refractivity contribution in [3.63, 3.8) is 0 Å². The van der Waals surface area contributed by atoms with E-state index in [2.05, 4.69) is 20.2 Å². The average molecular weight is 379 g/mol. The molecule has 3 aromatic rings. The molecule has 1 fully saturated rings. The van der Waals surface area contributed by atoms with Crippen LogP contribution >= 0.6 is 11.6 Å². The third-order valence-electron chi connectivity index (χ3n) is 4.63. The highest BCUT2D eigenvalue weighted by molar-refractivity contribution is 6.30. The van der Waals surface area contributed by atoms with E-state index in [4.69, 9.17) is 11.6 Å². The summed E-state index contributed by atoms with van der Waals surface area (Å²) in [4.78, 5) is 23.4. The molecule has 1 aliphatic heterocycles. The van der Waals surface area contributed by atoms with E-state index in [0.717, 1.165) is 30.2 Å². The molecular weight excluding hydrogens is 360 g/mol. The first-order chi connectivity index (χ1) is 13.2. The summed E-state index contributed by atoms with van der Waals surface area (Å²) < 4.78 is 0. The first-order valence-corrected chi connectivity index (χ1v) is 9.31. The topological polar surface area (TPSA) is 58.1 Å². The number of nitrogens with one attached hydrogen (secondary N) is 1. The summed E-state index contributed by atoms with van der Waals surface area (Å²) in [5.41, 5.74) is 3.11. The second-order valence-electron chi connectivity index (χ2n) is 6.49. The van der Waals surface area contributed by atoms with Gasteiger partial charge < -0.3 is 10.2 Å². The quantitative estimate of drug-likeness (QED) is 0.718. The fourth-order valence-corrected chi connectivity index (χ4v) is 3.28. The Morgan fingerprint density at radius 3 is 2.37 bits per heavy atom. The van der Waals surface area contributed by atoms with Gasteiger partial charge in [-0.15, -0.1) is 0 Å². The second kappa shape index (κ2) is 7.76. The van der Waals surface area contributed by atoms with Crippen molar-refractivity contribution in [2.45, 2.75) is 12.8 Å². The fraction of sp³-hybridized carbons (Fsp3) is 0.190. The Morgan fingerprint density at radius 1 is 0.963 bits per heavy atom. The first-order valence-electron chi connectivity index (χ1n) is 8.93. The molecule has 6 heteroatoms. The Hall–Kier alpha value is -2.92. The molecule has 0 radical (unpaired) electrons. The lowest BCUT2D eigenvalue weighted by Crippen LogP contribution is -2.19. The number of aromatic nitrogens is 2. The lowest BCUT2D eigenvalue weighted by Gasteiger charge is -2.16. The zero-order chi connectivity index (χ0) is 18.6. The van der Waals surface area contributed by atoms with Gasteiger partial charge in [-0.3, -0.25) is 4.79 Å². The van der Waals surface area contributed by atoms with Crippen molar-refractivity contribution in [1.82, 2.24) is 9.97 Å². The second-order valence-corrected chi connectivity index (χ2v) is 6.93. The van der Waals surface area contributed by atoms with Crippen LogP contribution in [0.3, 0.4) is 0 Å². The van der Waals surface area contributed by atoms with E-state index in [9.17, 15) is 4.79 Å². The highest BCUT2D eigenvalue weighted by atomic mass is 35.5. The van der Waals surface area contributed by atoms with Crippen molar-refractivity contribution < 1.29 is 4.79 Å². The standard InChI is InChI=1S/C21H19ClN4O/c22-17-7-9-18(10-8-17)25-21(27)16-5-3-15(4-6-16)19-13-20(24-14-23-19)26-11-1-2-12-26/h3-10,13-14H,1-2,11-12H2,(H,25,27). The molecule has 1 aliphatic rings. The van der Waals surface area contributed by atoms with E-state index >= 15 is 0 Å². The average Bonchev–Trinajstić information content (AvgIpc) is 3.25. The number of carbonyl (C=O) groups is 1. The Morgan fingerprint density at radius 2 is 1.67 bits per heavy atom. The third-order valence-corrected chi connectivity index (χ3v) is 4.88. The van der Waals surface area contributed by atoms with E-state index in [1.165, 1.54) is 12.8 Å². The van der Waals surface area contributed by atoms with E-state index in [0.29, 0.717) is 16.3 Å². The van der Waals surface area contributed by atoms with Crippen molar-refractivity contribution in [1.29, 1.82) is 0 Å². The van der Waals surface area contributed by atoms with Crippen LogP contribution in [0.1, 0.15) is 23.2 Å². The van der Waals surface area contributed by atoms with Gasteiger partial charge in [0.05, 0.1) is 5.69 Å². The van der Waals surface area contributed by atoms with Crippen LogP contribution < -0.4 is 10.2 Å². The van der Waals surface area contributed by atoms with Gasteiger partial charge in [-0.1, -0.05) is 23.7 Å². The molecule has 1 saturated heterocycles. The molecule has 0 saturated carbocycles. The molecule has 1 amide bonds. The van der Waals surface area contributed by atoms with Crippen molar-refractivity contribution in [2.24, 2.45) is 0 Å². The molecule has 2 heterocycles. The molecular formula is C21H19ClN4O. The minimum atomic E-state index is -0.163. The summed E-state index contributed by atoms with van der Waals surface area (Å²) in [6, 6.07) is 16.5. The highest BCUT2D eigenvalue weighted by Gasteiger charge is 2.14. The summed E-state index contributed by atoms with van der Waals surface area (Å²) in [5, 5.41) is 3.50. The zero-order valence-corrected chi connectivity index (χ0v) is 15.5. The number of halogens is 1. The van der Waals surface area contributed by atoms with Crippen LogP contribution in [-0.2, 0) is 0 Å². The predicted molar refractivity (Wildman–Crippen MR) is 108 cm³/mol. The first kappa shape index (κ1) is 17.5. The van der Waals surface area contributed by atoms with Gasteiger partial charge in [0.2, 0.25) is 0 Å². The van der Waals surface area contributed by atoms with Gasteiger partial charge in [0, 0.05) is 41.0 Å². The number of benzene rings is 2. The molecule has 0 spiro atoms. The summed E-state index contributed by atoms with van der Waals surface area (Å²) >= 11 is 5.87. The minimum absolute atomic E-state index is 0.163. The Labute approximate surface area is 163 Å². The maximum Gasteiger partial charge on any atom is 0.255 e. The van der Waals surface area contributed by atoms with Crippen molar-refractivity contribution in [3.05, 3.63) is 71.5 Å². The Bertz CT molecular complexity index is 935. The number of hydrogen-bond donors (Lipinski definition) is 1. The number of rotatable bonds is 4. The van der Waals surface area contributed by atoms with Crippen LogP contribution in [0.4, 0.5) is 11.5 Å². The molecule has 1 aromatic heterocycles. The molecule has 27 heavy (non-hydrogen) atoms. The molecule has 4 rings (SSSR count). The molecule has 0 atom stereocenters. The van der Waals surface area contributed by atoms with Crippen LogP contribution in [0.5, 0.6) is 0 Å². The van der Waals surface area contributed by atoms with E-state index in [1.807, 2.05) is 18.2 Å². The van der Waals surface area contributed by atoms with Crippen LogP contribution in [-0.4, -0.2) is 29.0 Å². The molecule has 0 unspecified atom stereocenters. The van der Waals surface area contributed by atoms with Crippen LogP contribution in [0.2, 0.25) is 5.02 Å². The number of carbonyl (C=O) groups excluding carboxylic acids is 1. The number of nitrogens with zero attached hydrogens (tertiary/aromatic N) is 3. The van der Waals surface area contributed by atoms with Gasteiger partial charge in [0.1, 0.15) is 12.1 Å². The van der Waals surface area contributed by atoms with Crippen LogP contribution in [0.15, 0.2) is 60.9 Å². The summed E-state index contributed by atoms with van der Waals surface area (Å²) in [6.07, 6.45) is 4.01. The molecule has 0 bridgehead atoms. The largest absolute Gasteiger partial charge is 0.357 e. The monoisotopic (exact) mass is 378 g/mol. The van der Waals surface area contributed by atoms with Gasteiger partial charge in [-0.2, -0.15) is 0 Å². The zero-order valence-electron chi connectivity index (χ0n) is 14.7. The van der Waals surface area contributed by atoms with E-state index in [1.54, 1.807) is 42.7 Å². The molecule has 136 valence electrons. The molecule has 2 aromatic carbocycles. The molecule has 1 N–H and O–H groups in total. The van der Waals surface area contributed by atoms with Gasteiger partial charge in [0.25, 0.3) is 5.91 Å². The Kier molecular flexibility index (Phi) is 5.03. The lowest BCUT2D eigenvalue weighted by molar-refractivity contribution is 0.102. The maximum atomic E-state index is 12.4. The van der Waals surface area contributed by atoms with Crippen LogP contribution in [0.25, 0.3) is 11.3 Å².